The fourth-order valence-corrected chi connectivity index (χ4v) is 3.30. The zero-order chi connectivity index (χ0) is 22.9. The minimum atomic E-state index is -0.265. The van der Waals surface area contributed by atoms with Crippen molar-refractivity contribution in [2.24, 2.45) is 0 Å². The van der Waals surface area contributed by atoms with Crippen molar-refractivity contribution in [3.63, 3.8) is 0 Å². The van der Waals surface area contributed by atoms with Gasteiger partial charge in [-0.3, -0.25) is 9.59 Å². The second-order valence-corrected chi connectivity index (χ2v) is 7.46. The first kappa shape index (κ1) is 22.9. The van der Waals surface area contributed by atoms with Gasteiger partial charge in [0.05, 0.1) is 25.6 Å². The maximum Gasteiger partial charge on any atom is 0.255 e. The third kappa shape index (κ3) is 6.11. The molecule has 0 fully saturated rings. The molecule has 0 saturated heterocycles. The summed E-state index contributed by atoms with van der Waals surface area (Å²) in [6.45, 7) is 2.05. The van der Waals surface area contributed by atoms with E-state index in [0.717, 1.165) is 12.8 Å². The van der Waals surface area contributed by atoms with Gasteiger partial charge in [-0.2, -0.15) is 0 Å². The minimum Gasteiger partial charge on any atom is -0.494 e. The van der Waals surface area contributed by atoms with Crippen LogP contribution in [0.4, 0.5) is 11.4 Å². The Morgan fingerprint density at radius 2 is 1.41 bits per heavy atom. The molecule has 0 heterocycles. The monoisotopic (exact) mass is 432 g/mol. The quantitative estimate of drug-likeness (QED) is 0.486. The van der Waals surface area contributed by atoms with Crippen LogP contribution in [0.1, 0.15) is 34.3 Å². The van der Waals surface area contributed by atoms with Gasteiger partial charge in [0, 0.05) is 24.1 Å². The fourth-order valence-electron chi connectivity index (χ4n) is 3.30. The van der Waals surface area contributed by atoms with Gasteiger partial charge in [-0.25, -0.2) is 0 Å². The Kier molecular flexibility index (Phi) is 7.86. The molecule has 0 aliphatic heterocycles. The van der Waals surface area contributed by atoms with Crippen LogP contribution in [0.25, 0.3) is 0 Å². The molecule has 6 heteroatoms. The van der Waals surface area contributed by atoms with Crippen LogP contribution in [0, 0.1) is 6.92 Å². The Morgan fingerprint density at radius 1 is 0.812 bits per heavy atom. The van der Waals surface area contributed by atoms with Gasteiger partial charge in [0.15, 0.2) is 0 Å². The second kappa shape index (κ2) is 11.0. The van der Waals surface area contributed by atoms with Crippen molar-refractivity contribution in [1.29, 1.82) is 0 Å². The highest BCUT2D eigenvalue weighted by molar-refractivity contribution is 6.05. The highest BCUT2D eigenvalue weighted by Gasteiger charge is 2.16. The molecule has 0 bridgehead atoms. The number of anilines is 2. The molecule has 0 saturated carbocycles. The number of amides is 2. The Hall–Kier alpha value is -3.80. The standard InChI is InChI=1S/C26H28N2O4/c1-18-12-14-19(15-13-18)8-7-11-25(29)27-21-16-24(32-3)22(17-23(21)31-2)28-26(30)20-9-5-4-6-10-20/h4-6,9-10,12-17H,7-8,11H2,1-3H3,(H,27,29)(H,28,30). The summed E-state index contributed by atoms with van der Waals surface area (Å²) in [5.74, 6) is 0.475. The third-order valence-corrected chi connectivity index (χ3v) is 5.07. The normalized spacial score (nSPS) is 10.3. The van der Waals surface area contributed by atoms with Gasteiger partial charge >= 0.3 is 0 Å². The molecular weight excluding hydrogens is 404 g/mol. The third-order valence-electron chi connectivity index (χ3n) is 5.07. The van der Waals surface area contributed by atoms with Gasteiger partial charge < -0.3 is 20.1 Å². The molecule has 2 amide bonds. The van der Waals surface area contributed by atoms with Crippen LogP contribution in [0.3, 0.4) is 0 Å². The van der Waals surface area contributed by atoms with Crippen LogP contribution in [-0.4, -0.2) is 26.0 Å². The molecule has 0 aliphatic rings. The number of nitrogens with one attached hydrogen (secondary N) is 2. The summed E-state index contributed by atoms with van der Waals surface area (Å²) in [5.41, 5.74) is 3.90. The van der Waals surface area contributed by atoms with E-state index in [9.17, 15) is 9.59 Å². The lowest BCUT2D eigenvalue weighted by Gasteiger charge is -2.16. The molecule has 0 atom stereocenters. The summed E-state index contributed by atoms with van der Waals surface area (Å²) in [6.07, 6.45) is 1.95. The molecule has 3 aromatic rings. The molecule has 0 aliphatic carbocycles. The smallest absolute Gasteiger partial charge is 0.255 e. The molecule has 0 aromatic heterocycles. The predicted octanol–water partition coefficient (Wildman–Crippen LogP) is 5.23. The maximum absolute atomic E-state index is 12.5. The van der Waals surface area contributed by atoms with Crippen molar-refractivity contribution in [3.8, 4) is 11.5 Å². The number of ether oxygens (including phenoxy) is 2. The lowest BCUT2D eigenvalue weighted by Crippen LogP contribution is -2.15. The van der Waals surface area contributed by atoms with Crippen molar-refractivity contribution < 1.29 is 19.1 Å². The van der Waals surface area contributed by atoms with Gasteiger partial charge in [-0.1, -0.05) is 48.0 Å². The number of hydrogen-bond acceptors (Lipinski definition) is 4. The first-order chi connectivity index (χ1) is 15.5. The summed E-state index contributed by atoms with van der Waals surface area (Å²) in [4.78, 5) is 25.0. The van der Waals surface area contributed by atoms with E-state index in [0.29, 0.717) is 34.9 Å². The summed E-state index contributed by atoms with van der Waals surface area (Å²) < 4.78 is 10.9. The van der Waals surface area contributed by atoms with Gasteiger partial charge in [0.2, 0.25) is 5.91 Å². The van der Waals surface area contributed by atoms with E-state index >= 15 is 0 Å². The molecule has 0 spiro atoms. The molecule has 0 unspecified atom stereocenters. The number of carbonyl (C=O) groups is 2. The number of rotatable bonds is 9. The first-order valence-electron chi connectivity index (χ1n) is 10.5. The zero-order valence-electron chi connectivity index (χ0n) is 18.6. The number of methoxy groups -OCH3 is 2. The number of hydrogen-bond donors (Lipinski definition) is 2. The summed E-state index contributed by atoms with van der Waals surface area (Å²) >= 11 is 0. The molecule has 2 N–H and O–H groups in total. The Bertz CT molecular complexity index is 1060. The molecule has 3 rings (SSSR count). The van der Waals surface area contributed by atoms with Gasteiger partial charge in [-0.05, 0) is 37.5 Å². The molecule has 6 nitrogen and oxygen atoms in total. The number of carbonyl (C=O) groups excluding carboxylic acids is 2. The average molecular weight is 433 g/mol. The highest BCUT2D eigenvalue weighted by Crippen LogP contribution is 2.36. The van der Waals surface area contributed by atoms with Crippen molar-refractivity contribution in [3.05, 3.63) is 83.4 Å². The van der Waals surface area contributed by atoms with Crippen molar-refractivity contribution in [2.45, 2.75) is 26.2 Å². The van der Waals surface area contributed by atoms with Gasteiger partial charge in [0.25, 0.3) is 5.91 Å². The second-order valence-electron chi connectivity index (χ2n) is 7.46. The molecule has 3 aromatic carbocycles. The van der Waals surface area contributed by atoms with E-state index < -0.39 is 0 Å². The Morgan fingerprint density at radius 3 is 2.00 bits per heavy atom. The van der Waals surface area contributed by atoms with Crippen molar-refractivity contribution >= 4 is 23.2 Å². The summed E-state index contributed by atoms with van der Waals surface area (Å²) in [5, 5.41) is 5.72. The SMILES string of the molecule is COc1cc(NC(=O)c2ccccc2)c(OC)cc1NC(=O)CCCc1ccc(C)cc1. The highest BCUT2D eigenvalue weighted by atomic mass is 16.5. The van der Waals surface area contributed by atoms with Crippen LogP contribution < -0.4 is 20.1 Å². The van der Waals surface area contributed by atoms with E-state index in [-0.39, 0.29) is 11.8 Å². The largest absolute Gasteiger partial charge is 0.494 e. The van der Waals surface area contributed by atoms with Gasteiger partial charge in [-0.15, -0.1) is 0 Å². The van der Waals surface area contributed by atoms with E-state index in [1.165, 1.54) is 25.3 Å². The lowest BCUT2D eigenvalue weighted by molar-refractivity contribution is -0.116. The maximum atomic E-state index is 12.5. The van der Waals surface area contributed by atoms with E-state index in [4.69, 9.17) is 9.47 Å². The molecule has 166 valence electrons. The van der Waals surface area contributed by atoms with Crippen molar-refractivity contribution in [2.75, 3.05) is 24.9 Å². The number of benzene rings is 3. The fraction of sp³-hybridized carbons (Fsp3) is 0.231. The molecule has 0 radical (unpaired) electrons. The van der Waals surface area contributed by atoms with Crippen LogP contribution in [-0.2, 0) is 11.2 Å². The summed E-state index contributed by atoms with van der Waals surface area (Å²) in [6, 6.07) is 20.5. The van der Waals surface area contributed by atoms with Crippen LogP contribution >= 0.6 is 0 Å². The first-order valence-corrected chi connectivity index (χ1v) is 10.5. The zero-order valence-corrected chi connectivity index (χ0v) is 18.6. The molecular formula is C26H28N2O4. The average Bonchev–Trinajstić information content (AvgIpc) is 2.81. The van der Waals surface area contributed by atoms with E-state index in [1.807, 2.05) is 6.07 Å². The topological polar surface area (TPSA) is 76.7 Å². The number of aryl methyl sites for hydroxylation is 2. The van der Waals surface area contributed by atoms with Crippen molar-refractivity contribution in [1.82, 2.24) is 0 Å². The van der Waals surface area contributed by atoms with Crippen LogP contribution in [0.15, 0.2) is 66.7 Å². The minimum absolute atomic E-state index is 0.112. The lowest BCUT2D eigenvalue weighted by atomic mass is 10.1. The molecule has 32 heavy (non-hydrogen) atoms. The predicted molar refractivity (Wildman–Crippen MR) is 127 cm³/mol. The van der Waals surface area contributed by atoms with E-state index in [2.05, 4.69) is 41.8 Å². The van der Waals surface area contributed by atoms with Crippen LogP contribution in [0.2, 0.25) is 0 Å². The van der Waals surface area contributed by atoms with Crippen LogP contribution in [0.5, 0.6) is 11.5 Å². The van der Waals surface area contributed by atoms with E-state index in [1.54, 1.807) is 36.4 Å². The van der Waals surface area contributed by atoms with Gasteiger partial charge in [0.1, 0.15) is 11.5 Å². The summed E-state index contributed by atoms with van der Waals surface area (Å²) in [7, 11) is 3.02. The Labute approximate surface area is 188 Å². The Balaban J connectivity index is 1.66.